The average molecular weight is 955 g/mol. The van der Waals surface area contributed by atoms with E-state index in [0.717, 1.165) is 0 Å². The first-order chi connectivity index (χ1) is 31.4. The fourth-order valence-corrected chi connectivity index (χ4v) is 6.12. The van der Waals surface area contributed by atoms with Crippen molar-refractivity contribution in [3.63, 3.8) is 0 Å². The molecule has 30 heteroatoms. The van der Waals surface area contributed by atoms with Crippen LogP contribution in [0.15, 0.2) is 24.8 Å². The molecule has 3 atom stereocenters. The number of carbonyl (C=O) groups excluding carboxylic acids is 4. The van der Waals surface area contributed by atoms with Gasteiger partial charge in [0.05, 0.1) is 13.1 Å². The molecule has 0 aliphatic rings. The van der Waals surface area contributed by atoms with Gasteiger partial charge in [-0.3, -0.25) is 43.3 Å². The molecule has 0 spiro atoms. The van der Waals surface area contributed by atoms with Crippen molar-refractivity contribution in [1.29, 1.82) is 0 Å². The van der Waals surface area contributed by atoms with E-state index in [1.807, 2.05) is 10.6 Å². The Kier molecular flexibility index (Phi) is 22.3. The van der Waals surface area contributed by atoms with Crippen LogP contribution in [0.3, 0.4) is 0 Å². The number of nitrogens with one attached hydrogen (secondary N) is 3. The molecule has 0 saturated heterocycles. The lowest BCUT2D eigenvalue weighted by Gasteiger charge is -2.24. The Bertz CT molecular complexity index is 2020. The van der Waals surface area contributed by atoms with Crippen LogP contribution in [0, 0.1) is 0 Å². The van der Waals surface area contributed by atoms with Crippen LogP contribution in [-0.4, -0.2) is 197 Å². The number of amides is 5. The number of carbonyl (C=O) groups is 12. The van der Waals surface area contributed by atoms with Gasteiger partial charge in [-0.15, -0.1) is 0 Å². The minimum atomic E-state index is -1.75. The molecule has 0 aliphatic heterocycles. The molecule has 11 N–H and O–H groups in total. The Morgan fingerprint density at radius 2 is 0.896 bits per heavy atom. The minimum absolute atomic E-state index is 0.0989. The summed E-state index contributed by atoms with van der Waals surface area (Å²) in [6.07, 6.45) is 3.15. The number of rotatable bonds is 33. The molecule has 5 amide bonds. The zero-order valence-electron chi connectivity index (χ0n) is 35.5. The van der Waals surface area contributed by atoms with Crippen molar-refractivity contribution in [1.82, 2.24) is 49.8 Å². The van der Waals surface area contributed by atoms with Gasteiger partial charge < -0.3 is 75.7 Å². The lowest BCUT2D eigenvalue weighted by molar-refractivity contribution is -0.150. The van der Waals surface area contributed by atoms with Crippen LogP contribution in [0.1, 0.15) is 56.6 Å². The van der Waals surface area contributed by atoms with Crippen molar-refractivity contribution in [2.45, 2.75) is 89.3 Å². The molecule has 2 aromatic rings. The maximum Gasteiger partial charge on any atom is 0.326 e. The number of aliphatic carboxylic acids is 8. The second kappa shape index (κ2) is 27.2. The summed E-state index contributed by atoms with van der Waals surface area (Å²) in [6.45, 7) is -4.82. The van der Waals surface area contributed by atoms with E-state index in [1.165, 1.54) is 33.9 Å². The van der Waals surface area contributed by atoms with E-state index >= 15 is 0 Å². The number of hydrogen-bond donors (Lipinski definition) is 11. The zero-order chi connectivity index (χ0) is 50.4. The van der Waals surface area contributed by atoms with E-state index in [9.17, 15) is 93.3 Å². The van der Waals surface area contributed by atoms with Crippen molar-refractivity contribution in [3.8, 4) is 0 Å². The lowest BCUT2D eigenvalue weighted by atomic mass is 10.1. The quantitative estimate of drug-likeness (QED) is 0.0312. The average Bonchev–Trinajstić information content (AvgIpc) is 3.85. The molecule has 2 heterocycles. The highest BCUT2D eigenvalue weighted by molar-refractivity contribution is 5.88. The predicted octanol–water partition coefficient (Wildman–Crippen LogP) is -3.33. The van der Waals surface area contributed by atoms with Crippen LogP contribution < -0.4 is 16.0 Å². The van der Waals surface area contributed by atoms with Gasteiger partial charge in [-0.05, 0) is 38.6 Å². The molecule has 0 bridgehead atoms. The first kappa shape index (κ1) is 55.0. The smallest absolute Gasteiger partial charge is 0.326 e. The summed E-state index contributed by atoms with van der Waals surface area (Å²) in [4.78, 5) is 154. The van der Waals surface area contributed by atoms with Crippen LogP contribution >= 0.6 is 0 Å². The number of unbranched alkanes of at least 4 members (excludes halogenated alkanes) is 1. The van der Waals surface area contributed by atoms with Gasteiger partial charge in [0.15, 0.2) is 0 Å². The summed E-state index contributed by atoms with van der Waals surface area (Å²) >= 11 is 0. The van der Waals surface area contributed by atoms with Gasteiger partial charge >= 0.3 is 53.8 Å². The highest BCUT2D eigenvalue weighted by Gasteiger charge is 2.28. The summed E-state index contributed by atoms with van der Waals surface area (Å²) in [5, 5.41) is 80.4. The molecular weight excluding hydrogens is 904 g/mol. The minimum Gasteiger partial charge on any atom is -0.481 e. The lowest BCUT2D eigenvalue weighted by Crippen LogP contribution is -2.51. The Balaban J connectivity index is 2.22. The Morgan fingerprint density at radius 3 is 1.27 bits per heavy atom. The van der Waals surface area contributed by atoms with Crippen molar-refractivity contribution in [3.05, 3.63) is 36.4 Å². The van der Waals surface area contributed by atoms with E-state index < -0.39 is 155 Å². The highest BCUT2D eigenvalue weighted by Crippen LogP contribution is 2.14. The molecule has 30 nitrogen and oxygen atoms in total. The Morgan fingerprint density at radius 1 is 0.507 bits per heavy atom. The largest absolute Gasteiger partial charge is 0.481 e. The molecule has 2 unspecified atom stereocenters. The van der Waals surface area contributed by atoms with Crippen molar-refractivity contribution < 1.29 is 98.4 Å². The van der Waals surface area contributed by atoms with E-state index in [2.05, 4.69) is 15.3 Å². The predicted molar refractivity (Wildman–Crippen MR) is 216 cm³/mol. The van der Waals surface area contributed by atoms with Crippen LogP contribution in [0.2, 0.25) is 0 Å². The van der Waals surface area contributed by atoms with Crippen molar-refractivity contribution >= 4 is 71.5 Å². The summed E-state index contributed by atoms with van der Waals surface area (Å²) in [5.74, 6) is -14.2. The van der Waals surface area contributed by atoms with E-state index in [0.29, 0.717) is 9.80 Å². The standard InChI is InChI=1S/C37H50N10O20/c48-26(6-4-22(35(63)64)41-37(67)42-23(36(65)66)5-7-29(51)52)40-21(34(61)62)3-1-2-10-43(13-24-38-8-11-44(24)15-27(49)46(17-30(53)54)18-31(55)56)14-25-39-9-12-45(25)16-28(50)47(19-32(57)58)20-33(59)60/h8-9,11-12,21-23H,1-7,10,13-20H2,(H,40,48)(H,51,52)(H,53,54)(H,55,56)(H,57,58)(H,59,60)(H,61,62)(H,63,64)(H,65,66)(H2,41,42,67)/t21-,22?,23?/m1/s1. The number of hydrogen-bond acceptors (Lipinski definition) is 15. The van der Waals surface area contributed by atoms with Gasteiger partial charge in [0.25, 0.3) is 0 Å². The fourth-order valence-electron chi connectivity index (χ4n) is 6.12. The first-order valence-corrected chi connectivity index (χ1v) is 19.9. The molecule has 0 radical (unpaired) electrons. The van der Waals surface area contributed by atoms with Crippen LogP contribution in [0.4, 0.5) is 4.79 Å². The van der Waals surface area contributed by atoms with Crippen LogP contribution in [-0.2, 0) is 78.9 Å². The molecule has 0 aliphatic carbocycles. The number of carboxylic acid groups (broad SMARTS) is 8. The maximum atomic E-state index is 13.0. The van der Waals surface area contributed by atoms with E-state index in [1.54, 1.807) is 4.90 Å². The number of imidazole rings is 2. The number of aromatic nitrogens is 4. The van der Waals surface area contributed by atoms with Gasteiger partial charge in [-0.25, -0.2) is 29.1 Å². The number of nitrogens with zero attached hydrogens (tertiary/aromatic N) is 7. The SMILES string of the molecule is O=C(O)CCC(NC(=O)NC(CCC(=O)N[C@H](CCCCN(Cc1nccn1CC(=O)N(CC(=O)O)CC(=O)O)Cc1nccn1CC(=O)N(CC(=O)O)CC(=O)O)C(=O)O)C(=O)O)C(=O)O. The highest BCUT2D eigenvalue weighted by atomic mass is 16.4. The van der Waals surface area contributed by atoms with Gasteiger partial charge in [-0.1, -0.05) is 0 Å². The first-order valence-electron chi connectivity index (χ1n) is 19.9. The molecule has 0 aromatic carbocycles. The molecule has 2 rings (SSSR count). The second-order valence-electron chi connectivity index (χ2n) is 14.6. The third-order valence-corrected chi connectivity index (χ3v) is 9.32. The van der Waals surface area contributed by atoms with Gasteiger partial charge in [0.2, 0.25) is 17.7 Å². The Labute approximate surface area is 377 Å². The molecule has 0 fully saturated rings. The Hall–Kier alpha value is -8.18. The van der Waals surface area contributed by atoms with Crippen molar-refractivity contribution in [2.75, 3.05) is 32.7 Å². The van der Waals surface area contributed by atoms with Gasteiger partial charge in [0.1, 0.15) is 69.0 Å². The summed E-state index contributed by atoms with van der Waals surface area (Å²) in [7, 11) is 0. The molecular formula is C37H50N10O20. The monoisotopic (exact) mass is 954 g/mol. The zero-order valence-corrected chi connectivity index (χ0v) is 35.5. The molecule has 0 saturated carbocycles. The second-order valence-corrected chi connectivity index (χ2v) is 14.6. The third kappa shape index (κ3) is 20.9. The van der Waals surface area contributed by atoms with Crippen molar-refractivity contribution in [2.24, 2.45) is 0 Å². The topological polar surface area (TPSA) is 448 Å². The third-order valence-electron chi connectivity index (χ3n) is 9.32. The van der Waals surface area contributed by atoms with E-state index in [-0.39, 0.29) is 50.5 Å². The summed E-state index contributed by atoms with van der Waals surface area (Å²) in [5.41, 5.74) is 0. The van der Waals surface area contributed by atoms with Crippen LogP contribution in [0.5, 0.6) is 0 Å². The van der Waals surface area contributed by atoms with Crippen LogP contribution in [0.25, 0.3) is 0 Å². The summed E-state index contributed by atoms with van der Waals surface area (Å²) < 4.78 is 2.64. The normalized spacial score (nSPS) is 12.2. The summed E-state index contributed by atoms with van der Waals surface area (Å²) in [6, 6.07) is -6.22. The number of carboxylic acids is 8. The van der Waals surface area contributed by atoms with Gasteiger partial charge in [-0.2, -0.15) is 0 Å². The fraction of sp³-hybridized carbons (Fsp3) is 0.514. The molecule has 67 heavy (non-hydrogen) atoms. The van der Waals surface area contributed by atoms with E-state index in [4.69, 9.17) is 5.11 Å². The molecule has 2 aromatic heterocycles. The number of urea groups is 1. The molecule has 368 valence electrons. The maximum absolute atomic E-state index is 13.0. The van der Waals surface area contributed by atoms with Gasteiger partial charge in [0, 0.05) is 37.6 Å².